The summed E-state index contributed by atoms with van der Waals surface area (Å²) in [6, 6.07) is 8.80. The van der Waals surface area contributed by atoms with Gasteiger partial charge in [0.2, 0.25) is 10.0 Å². The highest BCUT2D eigenvalue weighted by molar-refractivity contribution is 7.88. The molecule has 0 aromatic heterocycles. The zero-order valence-corrected chi connectivity index (χ0v) is 13.4. The standard InChI is InChI=1S/C15H24N2O3S/c1-20-15-6-3-5-12(11-15)13-9-14(10-13)16-7-4-8-17-21(2,18)19/h3,5-6,11,13-14,16-17H,4,7-10H2,1-2H3. The van der Waals surface area contributed by atoms with Crippen LogP contribution >= 0.6 is 0 Å². The van der Waals surface area contributed by atoms with E-state index in [0.29, 0.717) is 18.5 Å². The highest BCUT2D eigenvalue weighted by Crippen LogP contribution is 2.37. The number of methoxy groups -OCH3 is 1. The maximum absolute atomic E-state index is 10.9. The summed E-state index contributed by atoms with van der Waals surface area (Å²) in [5.74, 6) is 1.52. The van der Waals surface area contributed by atoms with Crippen LogP contribution in [0.5, 0.6) is 5.75 Å². The molecule has 0 heterocycles. The Kier molecular flexibility index (Phi) is 5.61. The van der Waals surface area contributed by atoms with Crippen molar-refractivity contribution in [1.29, 1.82) is 0 Å². The van der Waals surface area contributed by atoms with E-state index >= 15 is 0 Å². The molecule has 1 saturated carbocycles. The van der Waals surface area contributed by atoms with Gasteiger partial charge in [0, 0.05) is 12.6 Å². The van der Waals surface area contributed by atoms with Crippen LogP contribution in [0.15, 0.2) is 24.3 Å². The number of sulfonamides is 1. The summed E-state index contributed by atoms with van der Waals surface area (Å²) in [5, 5.41) is 3.47. The van der Waals surface area contributed by atoms with Gasteiger partial charge >= 0.3 is 0 Å². The van der Waals surface area contributed by atoms with Crippen LogP contribution in [0.4, 0.5) is 0 Å². The van der Waals surface area contributed by atoms with Gasteiger partial charge in [-0.2, -0.15) is 0 Å². The Morgan fingerprint density at radius 2 is 2.05 bits per heavy atom. The van der Waals surface area contributed by atoms with E-state index in [-0.39, 0.29) is 0 Å². The summed E-state index contributed by atoms with van der Waals surface area (Å²) in [6.45, 7) is 1.34. The molecule has 0 spiro atoms. The lowest BCUT2D eigenvalue weighted by Gasteiger charge is -2.36. The lowest BCUT2D eigenvalue weighted by Crippen LogP contribution is -2.41. The molecule has 0 aliphatic heterocycles. The lowest BCUT2D eigenvalue weighted by molar-refractivity contribution is 0.290. The van der Waals surface area contributed by atoms with E-state index in [2.05, 4.69) is 22.2 Å². The highest BCUT2D eigenvalue weighted by atomic mass is 32.2. The first kappa shape index (κ1) is 16.3. The molecule has 118 valence electrons. The van der Waals surface area contributed by atoms with E-state index in [4.69, 9.17) is 4.74 Å². The van der Waals surface area contributed by atoms with Crippen LogP contribution in [0.2, 0.25) is 0 Å². The highest BCUT2D eigenvalue weighted by Gasteiger charge is 2.29. The Labute approximate surface area is 127 Å². The van der Waals surface area contributed by atoms with Gasteiger partial charge < -0.3 is 10.1 Å². The monoisotopic (exact) mass is 312 g/mol. The summed E-state index contributed by atoms with van der Waals surface area (Å²) in [4.78, 5) is 0. The van der Waals surface area contributed by atoms with Crippen LogP contribution in [-0.4, -0.2) is 40.9 Å². The van der Waals surface area contributed by atoms with Crippen molar-refractivity contribution in [2.75, 3.05) is 26.5 Å². The Morgan fingerprint density at radius 3 is 2.71 bits per heavy atom. The van der Waals surface area contributed by atoms with Crippen molar-refractivity contribution in [2.24, 2.45) is 0 Å². The topological polar surface area (TPSA) is 67.4 Å². The van der Waals surface area contributed by atoms with Crippen LogP contribution in [-0.2, 0) is 10.0 Å². The lowest BCUT2D eigenvalue weighted by atomic mass is 9.76. The minimum Gasteiger partial charge on any atom is -0.497 e. The fraction of sp³-hybridized carbons (Fsp3) is 0.600. The predicted molar refractivity (Wildman–Crippen MR) is 84.2 cm³/mol. The molecule has 1 fully saturated rings. The van der Waals surface area contributed by atoms with Gasteiger partial charge in [-0.15, -0.1) is 0 Å². The van der Waals surface area contributed by atoms with E-state index in [1.807, 2.05) is 12.1 Å². The fourth-order valence-electron chi connectivity index (χ4n) is 2.60. The SMILES string of the molecule is COc1cccc(C2CC(NCCCNS(C)(=O)=O)C2)c1. The van der Waals surface area contributed by atoms with Crippen LogP contribution < -0.4 is 14.8 Å². The summed E-state index contributed by atoms with van der Waals surface area (Å²) in [5.41, 5.74) is 1.34. The second-order valence-electron chi connectivity index (χ2n) is 5.62. The molecule has 0 amide bonds. The molecule has 0 bridgehead atoms. The molecule has 0 saturated heterocycles. The van der Waals surface area contributed by atoms with Crippen molar-refractivity contribution < 1.29 is 13.2 Å². The molecule has 2 N–H and O–H groups in total. The smallest absolute Gasteiger partial charge is 0.208 e. The minimum atomic E-state index is -3.06. The number of rotatable bonds is 8. The summed E-state index contributed by atoms with van der Waals surface area (Å²) in [7, 11) is -1.37. The van der Waals surface area contributed by atoms with Crippen molar-refractivity contribution in [3.05, 3.63) is 29.8 Å². The zero-order chi connectivity index (χ0) is 15.3. The van der Waals surface area contributed by atoms with Crippen LogP contribution in [0.25, 0.3) is 0 Å². The molecule has 0 radical (unpaired) electrons. The number of hydrogen-bond donors (Lipinski definition) is 2. The first-order valence-electron chi connectivity index (χ1n) is 7.30. The molecular formula is C15H24N2O3S. The number of hydrogen-bond acceptors (Lipinski definition) is 4. The van der Waals surface area contributed by atoms with Crippen LogP contribution in [0, 0.1) is 0 Å². The van der Waals surface area contributed by atoms with Crippen molar-refractivity contribution >= 4 is 10.0 Å². The Bertz CT molecular complexity index is 554. The first-order valence-corrected chi connectivity index (χ1v) is 9.19. The number of ether oxygens (including phenoxy) is 1. The molecule has 0 unspecified atom stereocenters. The van der Waals surface area contributed by atoms with Gasteiger partial charge in [-0.05, 0) is 49.4 Å². The van der Waals surface area contributed by atoms with E-state index in [1.54, 1.807) is 7.11 Å². The van der Waals surface area contributed by atoms with Crippen molar-refractivity contribution in [3.8, 4) is 5.75 Å². The third-order valence-electron chi connectivity index (χ3n) is 3.85. The summed E-state index contributed by atoms with van der Waals surface area (Å²) >= 11 is 0. The maximum atomic E-state index is 10.9. The van der Waals surface area contributed by atoms with E-state index < -0.39 is 10.0 Å². The van der Waals surface area contributed by atoms with Crippen molar-refractivity contribution in [1.82, 2.24) is 10.0 Å². The van der Waals surface area contributed by atoms with Gasteiger partial charge in [0.25, 0.3) is 0 Å². The molecule has 1 aromatic rings. The van der Waals surface area contributed by atoms with E-state index in [9.17, 15) is 8.42 Å². The summed E-state index contributed by atoms with van der Waals surface area (Å²) in [6.07, 6.45) is 4.26. The normalized spacial score (nSPS) is 21.8. The van der Waals surface area contributed by atoms with E-state index in [1.165, 1.54) is 11.8 Å². The molecule has 1 aromatic carbocycles. The molecule has 5 nitrogen and oxygen atoms in total. The average molecular weight is 312 g/mol. The molecule has 6 heteroatoms. The first-order chi connectivity index (χ1) is 9.98. The maximum Gasteiger partial charge on any atom is 0.208 e. The predicted octanol–water partition coefficient (Wildman–Crippen LogP) is 1.47. The third-order valence-corrected chi connectivity index (χ3v) is 4.58. The Morgan fingerprint density at radius 1 is 1.29 bits per heavy atom. The van der Waals surface area contributed by atoms with Gasteiger partial charge in [0.05, 0.1) is 13.4 Å². The van der Waals surface area contributed by atoms with Crippen LogP contribution in [0.3, 0.4) is 0 Å². The Balaban J connectivity index is 1.63. The second-order valence-corrected chi connectivity index (χ2v) is 7.45. The van der Waals surface area contributed by atoms with Crippen molar-refractivity contribution in [3.63, 3.8) is 0 Å². The molecule has 21 heavy (non-hydrogen) atoms. The minimum absolute atomic E-state index is 0.498. The van der Waals surface area contributed by atoms with Gasteiger partial charge in [0.1, 0.15) is 5.75 Å². The van der Waals surface area contributed by atoms with Crippen molar-refractivity contribution in [2.45, 2.75) is 31.2 Å². The largest absolute Gasteiger partial charge is 0.497 e. The molecule has 1 aliphatic rings. The van der Waals surface area contributed by atoms with Crippen LogP contribution in [0.1, 0.15) is 30.7 Å². The Hall–Kier alpha value is -1.11. The zero-order valence-electron chi connectivity index (χ0n) is 12.6. The third kappa shape index (κ3) is 5.30. The van der Waals surface area contributed by atoms with Gasteiger partial charge in [-0.1, -0.05) is 12.1 Å². The second kappa shape index (κ2) is 7.24. The van der Waals surface area contributed by atoms with E-state index in [0.717, 1.165) is 31.6 Å². The molecule has 0 atom stereocenters. The van der Waals surface area contributed by atoms with Gasteiger partial charge in [0.15, 0.2) is 0 Å². The fourth-order valence-corrected chi connectivity index (χ4v) is 3.12. The molecule has 1 aliphatic carbocycles. The molecule has 2 rings (SSSR count). The van der Waals surface area contributed by atoms with Gasteiger partial charge in [-0.3, -0.25) is 0 Å². The number of nitrogens with one attached hydrogen (secondary N) is 2. The van der Waals surface area contributed by atoms with Gasteiger partial charge in [-0.25, -0.2) is 13.1 Å². The number of benzene rings is 1. The average Bonchev–Trinajstić information content (AvgIpc) is 2.39. The quantitative estimate of drug-likeness (QED) is 0.713. The molecular weight excluding hydrogens is 288 g/mol. The summed E-state index contributed by atoms with van der Waals surface area (Å²) < 4.78 is 29.6.